The number of nitrogens with one attached hydrogen (secondary N) is 2. The highest BCUT2D eigenvalue weighted by molar-refractivity contribution is 5.67. The molecule has 0 aromatic carbocycles. The third-order valence-corrected chi connectivity index (χ3v) is 2.97. The van der Waals surface area contributed by atoms with Crippen LogP contribution in [0.2, 0.25) is 0 Å². The number of carbonyl (C=O) groups is 1. The Bertz CT molecular complexity index is 341. The number of aliphatic hydroxyl groups excluding tert-OH is 1. The van der Waals surface area contributed by atoms with E-state index in [-0.39, 0.29) is 24.9 Å². The summed E-state index contributed by atoms with van der Waals surface area (Å²) in [6.45, 7) is 9.00. The summed E-state index contributed by atoms with van der Waals surface area (Å²) in [6.07, 6.45) is -7.58. The first-order valence-electron chi connectivity index (χ1n) is 7.25. The second-order valence-electron chi connectivity index (χ2n) is 6.60. The minimum Gasteiger partial charge on any atom is -0.444 e. The van der Waals surface area contributed by atoms with Gasteiger partial charge >= 0.3 is 12.3 Å². The van der Waals surface area contributed by atoms with Gasteiger partial charge in [-0.2, -0.15) is 13.2 Å². The van der Waals surface area contributed by atoms with Crippen LogP contribution in [0.4, 0.5) is 18.0 Å². The molecule has 0 radical (unpaired) electrons. The lowest BCUT2D eigenvalue weighted by Crippen LogP contribution is -2.43. The quantitative estimate of drug-likeness (QED) is 0.671. The number of hydrogen-bond acceptors (Lipinski definition) is 4. The van der Waals surface area contributed by atoms with Crippen molar-refractivity contribution in [3.63, 3.8) is 0 Å². The standard InChI is InChI=1S/C14H27F3N2O3/c1-9(2)10(6-18-8-11(20)14(15,16)17)7-19-12(21)22-13(3,4)5/h9-11,18,20H,6-8H2,1-5H3,(H,19,21). The second kappa shape index (κ2) is 8.57. The molecule has 0 rings (SSSR count). The fourth-order valence-corrected chi connectivity index (χ4v) is 1.59. The summed E-state index contributed by atoms with van der Waals surface area (Å²) in [7, 11) is 0. The minimum atomic E-state index is -4.63. The zero-order chi connectivity index (χ0) is 17.6. The highest BCUT2D eigenvalue weighted by Crippen LogP contribution is 2.19. The smallest absolute Gasteiger partial charge is 0.415 e. The fourth-order valence-electron chi connectivity index (χ4n) is 1.59. The van der Waals surface area contributed by atoms with E-state index in [4.69, 9.17) is 9.84 Å². The molecule has 1 amide bonds. The van der Waals surface area contributed by atoms with Crippen LogP contribution in [-0.4, -0.2) is 48.7 Å². The lowest BCUT2D eigenvalue weighted by molar-refractivity contribution is -0.201. The number of hydrogen-bond donors (Lipinski definition) is 3. The molecule has 0 heterocycles. The largest absolute Gasteiger partial charge is 0.444 e. The monoisotopic (exact) mass is 328 g/mol. The third-order valence-electron chi connectivity index (χ3n) is 2.97. The molecule has 3 N–H and O–H groups in total. The Morgan fingerprint density at radius 3 is 2.09 bits per heavy atom. The van der Waals surface area contributed by atoms with Crippen LogP contribution < -0.4 is 10.6 Å². The molecule has 0 aliphatic carbocycles. The average Bonchev–Trinajstić information content (AvgIpc) is 2.29. The maximum atomic E-state index is 12.2. The molecule has 0 fully saturated rings. The molecule has 0 aliphatic rings. The molecule has 0 spiro atoms. The predicted octanol–water partition coefficient (Wildman–Crippen LogP) is 2.30. The topological polar surface area (TPSA) is 70.6 Å². The van der Waals surface area contributed by atoms with Crippen molar-refractivity contribution >= 4 is 6.09 Å². The van der Waals surface area contributed by atoms with Gasteiger partial charge in [-0.05, 0) is 39.2 Å². The molecule has 0 bridgehead atoms. The van der Waals surface area contributed by atoms with E-state index in [2.05, 4.69) is 10.6 Å². The summed E-state index contributed by atoms with van der Waals surface area (Å²) in [5, 5.41) is 14.1. The second-order valence-corrected chi connectivity index (χ2v) is 6.60. The van der Waals surface area contributed by atoms with E-state index in [0.29, 0.717) is 0 Å². The van der Waals surface area contributed by atoms with Gasteiger partial charge in [-0.25, -0.2) is 4.79 Å². The van der Waals surface area contributed by atoms with Crippen LogP contribution in [0.15, 0.2) is 0 Å². The van der Waals surface area contributed by atoms with Crippen LogP contribution in [0.1, 0.15) is 34.6 Å². The van der Waals surface area contributed by atoms with E-state index in [0.717, 1.165) is 0 Å². The van der Waals surface area contributed by atoms with Crippen LogP contribution in [0.5, 0.6) is 0 Å². The Balaban J connectivity index is 4.20. The molecular formula is C14H27F3N2O3. The van der Waals surface area contributed by atoms with E-state index in [1.165, 1.54) is 0 Å². The van der Waals surface area contributed by atoms with Gasteiger partial charge in [0.1, 0.15) is 5.60 Å². The SMILES string of the molecule is CC(C)C(CNCC(O)C(F)(F)F)CNC(=O)OC(C)(C)C. The van der Waals surface area contributed by atoms with Gasteiger partial charge in [0.25, 0.3) is 0 Å². The molecule has 2 unspecified atom stereocenters. The Labute approximate surface area is 129 Å². The highest BCUT2D eigenvalue weighted by Gasteiger charge is 2.37. The van der Waals surface area contributed by atoms with Crippen molar-refractivity contribution in [1.82, 2.24) is 10.6 Å². The number of alkyl halides is 3. The highest BCUT2D eigenvalue weighted by atomic mass is 19.4. The molecule has 22 heavy (non-hydrogen) atoms. The van der Waals surface area contributed by atoms with Gasteiger partial charge < -0.3 is 20.5 Å². The molecule has 2 atom stereocenters. The maximum absolute atomic E-state index is 12.2. The molecule has 8 heteroatoms. The van der Waals surface area contributed by atoms with Crippen LogP contribution in [0.3, 0.4) is 0 Å². The first kappa shape index (κ1) is 21.0. The average molecular weight is 328 g/mol. The van der Waals surface area contributed by atoms with E-state index in [1.54, 1.807) is 20.8 Å². The van der Waals surface area contributed by atoms with Crippen LogP contribution in [0.25, 0.3) is 0 Å². The minimum absolute atomic E-state index is 0.0760. The number of rotatable bonds is 7. The molecule has 132 valence electrons. The van der Waals surface area contributed by atoms with Gasteiger partial charge in [-0.3, -0.25) is 0 Å². The van der Waals surface area contributed by atoms with E-state index in [9.17, 15) is 18.0 Å². The van der Waals surface area contributed by atoms with Crippen molar-refractivity contribution in [3.05, 3.63) is 0 Å². The number of ether oxygens (including phenoxy) is 1. The summed E-state index contributed by atoms with van der Waals surface area (Å²) < 4.78 is 41.6. The van der Waals surface area contributed by atoms with E-state index < -0.39 is 30.5 Å². The Kier molecular flexibility index (Phi) is 8.17. The lowest BCUT2D eigenvalue weighted by atomic mass is 9.95. The normalized spacial score (nSPS) is 15.5. The van der Waals surface area contributed by atoms with Crippen molar-refractivity contribution in [1.29, 1.82) is 0 Å². The van der Waals surface area contributed by atoms with E-state index in [1.807, 2.05) is 13.8 Å². The first-order valence-corrected chi connectivity index (χ1v) is 7.25. The third kappa shape index (κ3) is 9.83. The summed E-state index contributed by atoms with van der Waals surface area (Å²) in [6, 6.07) is 0. The fraction of sp³-hybridized carbons (Fsp3) is 0.929. The van der Waals surface area contributed by atoms with Crippen molar-refractivity contribution in [3.8, 4) is 0 Å². The number of amides is 1. The van der Waals surface area contributed by atoms with Gasteiger partial charge in [-0.1, -0.05) is 13.8 Å². The maximum Gasteiger partial charge on any atom is 0.415 e. The Morgan fingerprint density at radius 1 is 1.14 bits per heavy atom. The van der Waals surface area contributed by atoms with Crippen molar-refractivity contribution < 1.29 is 27.8 Å². The summed E-state index contributed by atoms with van der Waals surface area (Å²) in [5.74, 6) is 0.0680. The van der Waals surface area contributed by atoms with Crippen LogP contribution in [-0.2, 0) is 4.74 Å². The molecule has 0 aromatic rings. The number of alkyl carbamates (subject to hydrolysis) is 1. The predicted molar refractivity (Wildman–Crippen MR) is 77.5 cm³/mol. The van der Waals surface area contributed by atoms with Crippen LogP contribution >= 0.6 is 0 Å². The summed E-state index contributed by atoms with van der Waals surface area (Å²) in [5.41, 5.74) is -0.605. The molecule has 0 saturated heterocycles. The van der Waals surface area contributed by atoms with Gasteiger partial charge in [0.15, 0.2) is 6.10 Å². The molecular weight excluding hydrogens is 301 g/mol. The van der Waals surface area contributed by atoms with E-state index >= 15 is 0 Å². The van der Waals surface area contributed by atoms with Gasteiger partial charge in [0.2, 0.25) is 0 Å². The van der Waals surface area contributed by atoms with Crippen molar-refractivity contribution in [2.75, 3.05) is 19.6 Å². The lowest BCUT2D eigenvalue weighted by Gasteiger charge is -2.25. The number of carbonyl (C=O) groups excluding carboxylic acids is 1. The Morgan fingerprint density at radius 2 is 1.68 bits per heavy atom. The zero-order valence-corrected chi connectivity index (χ0v) is 13.8. The first-order chi connectivity index (χ1) is 9.83. The number of aliphatic hydroxyl groups is 1. The molecule has 0 aromatic heterocycles. The molecule has 5 nitrogen and oxygen atoms in total. The van der Waals surface area contributed by atoms with Gasteiger partial charge in [0, 0.05) is 13.1 Å². The van der Waals surface area contributed by atoms with Gasteiger partial charge in [0.05, 0.1) is 0 Å². The summed E-state index contributed by atoms with van der Waals surface area (Å²) >= 11 is 0. The zero-order valence-electron chi connectivity index (χ0n) is 13.8. The van der Waals surface area contributed by atoms with Crippen molar-refractivity contribution in [2.45, 2.75) is 52.5 Å². The molecule has 0 aliphatic heterocycles. The Hall–Kier alpha value is -1.02. The summed E-state index contributed by atoms with van der Waals surface area (Å²) in [4.78, 5) is 11.6. The van der Waals surface area contributed by atoms with Crippen LogP contribution in [0, 0.1) is 11.8 Å². The van der Waals surface area contributed by atoms with Gasteiger partial charge in [-0.15, -0.1) is 0 Å². The number of halogens is 3. The molecule has 0 saturated carbocycles. The van der Waals surface area contributed by atoms with Crippen molar-refractivity contribution in [2.24, 2.45) is 11.8 Å².